The van der Waals surface area contributed by atoms with Gasteiger partial charge in [0.15, 0.2) is 0 Å². The Morgan fingerprint density at radius 1 is 0.960 bits per heavy atom. The highest BCUT2D eigenvalue weighted by atomic mass is 16.1. The van der Waals surface area contributed by atoms with Crippen molar-refractivity contribution in [2.45, 2.75) is 6.42 Å². The molecule has 0 fully saturated rings. The molecule has 0 unspecified atom stereocenters. The van der Waals surface area contributed by atoms with Crippen LogP contribution in [0.5, 0.6) is 0 Å². The van der Waals surface area contributed by atoms with Gasteiger partial charge in [-0.05, 0) is 40.6 Å². The summed E-state index contributed by atoms with van der Waals surface area (Å²) in [6, 6.07) is 21.7. The summed E-state index contributed by atoms with van der Waals surface area (Å²) in [7, 11) is 0. The van der Waals surface area contributed by atoms with Crippen LogP contribution in [0.15, 0.2) is 79.4 Å². The van der Waals surface area contributed by atoms with Crippen LogP contribution in [0, 0.1) is 0 Å². The number of nitrogens with one attached hydrogen (secondary N) is 1. The van der Waals surface area contributed by atoms with Gasteiger partial charge in [-0.15, -0.1) is 0 Å². The first-order valence-electron chi connectivity index (χ1n) is 8.00. The molecular weight excluding hydrogens is 312 g/mol. The minimum Gasteiger partial charge on any atom is -0.326 e. The lowest BCUT2D eigenvalue weighted by atomic mass is 10.0. The molecule has 0 radical (unpaired) electrons. The second-order valence-corrected chi connectivity index (χ2v) is 5.79. The van der Waals surface area contributed by atoms with E-state index in [0.717, 1.165) is 22.3 Å². The molecule has 0 bridgehead atoms. The zero-order valence-corrected chi connectivity index (χ0v) is 13.5. The van der Waals surface area contributed by atoms with Gasteiger partial charge in [-0.3, -0.25) is 4.79 Å². The fraction of sp³-hybridized carbons (Fsp3) is 0.0500. The Morgan fingerprint density at radius 3 is 2.52 bits per heavy atom. The number of amides is 1. The molecule has 122 valence electrons. The summed E-state index contributed by atoms with van der Waals surface area (Å²) >= 11 is 0. The summed E-state index contributed by atoms with van der Waals surface area (Å²) in [6.07, 6.45) is 3.46. The minimum absolute atomic E-state index is 0.0382. The summed E-state index contributed by atoms with van der Waals surface area (Å²) in [5.41, 5.74) is 2.65. The molecule has 1 heterocycles. The van der Waals surface area contributed by atoms with E-state index in [1.165, 1.54) is 11.7 Å². The third-order valence-electron chi connectivity index (χ3n) is 4.01. The van der Waals surface area contributed by atoms with Crippen LogP contribution in [0.2, 0.25) is 0 Å². The normalized spacial score (nSPS) is 10.7. The van der Waals surface area contributed by atoms with Gasteiger partial charge in [0, 0.05) is 5.69 Å². The molecule has 0 saturated carbocycles. The van der Waals surface area contributed by atoms with E-state index in [4.69, 9.17) is 0 Å². The largest absolute Gasteiger partial charge is 0.326 e. The molecule has 0 aliphatic heterocycles. The molecule has 0 aliphatic rings. The highest BCUT2D eigenvalue weighted by Crippen LogP contribution is 2.17. The topological polar surface area (TPSA) is 59.8 Å². The summed E-state index contributed by atoms with van der Waals surface area (Å²) in [5, 5.41) is 9.32. The van der Waals surface area contributed by atoms with E-state index in [0.29, 0.717) is 6.42 Å². The molecule has 5 heteroatoms. The molecule has 1 N–H and O–H groups in total. The van der Waals surface area contributed by atoms with Crippen molar-refractivity contribution in [1.29, 1.82) is 0 Å². The van der Waals surface area contributed by atoms with Crippen molar-refractivity contribution in [3.63, 3.8) is 0 Å². The first-order chi connectivity index (χ1) is 12.3. The summed E-state index contributed by atoms with van der Waals surface area (Å²) < 4.78 is 1.67. The summed E-state index contributed by atoms with van der Waals surface area (Å²) in [6.45, 7) is 0. The predicted octanol–water partition coefficient (Wildman–Crippen LogP) is 3.60. The minimum atomic E-state index is -0.0382. The standard InChI is InChI=1S/C20H16N4O/c25-20(12-15-5-6-16-3-1-2-4-17(16)11-15)23-18-7-9-19(10-8-18)24-14-21-13-22-24/h1-11,13-14H,12H2,(H,23,25). The second kappa shape index (κ2) is 6.57. The van der Waals surface area contributed by atoms with Gasteiger partial charge in [-0.1, -0.05) is 42.5 Å². The Bertz CT molecular complexity index is 1010. The fourth-order valence-electron chi connectivity index (χ4n) is 2.78. The first-order valence-corrected chi connectivity index (χ1v) is 8.00. The molecular formula is C20H16N4O. The Kier molecular flexibility index (Phi) is 3.96. The van der Waals surface area contributed by atoms with Crippen molar-refractivity contribution in [2.24, 2.45) is 0 Å². The van der Waals surface area contributed by atoms with Crippen molar-refractivity contribution < 1.29 is 4.79 Å². The van der Waals surface area contributed by atoms with Gasteiger partial charge in [0.05, 0.1) is 12.1 Å². The number of aromatic nitrogens is 3. The van der Waals surface area contributed by atoms with E-state index in [-0.39, 0.29) is 5.91 Å². The van der Waals surface area contributed by atoms with Crippen molar-refractivity contribution >= 4 is 22.4 Å². The maximum Gasteiger partial charge on any atom is 0.228 e. The van der Waals surface area contributed by atoms with Gasteiger partial charge in [0.2, 0.25) is 5.91 Å². The van der Waals surface area contributed by atoms with Crippen LogP contribution in [-0.4, -0.2) is 20.7 Å². The molecule has 0 spiro atoms. The molecule has 1 amide bonds. The smallest absolute Gasteiger partial charge is 0.228 e. The van der Waals surface area contributed by atoms with Crippen molar-refractivity contribution in [2.75, 3.05) is 5.32 Å². The van der Waals surface area contributed by atoms with Crippen LogP contribution in [0.3, 0.4) is 0 Å². The quantitative estimate of drug-likeness (QED) is 0.622. The van der Waals surface area contributed by atoms with Crippen LogP contribution in [0.4, 0.5) is 5.69 Å². The van der Waals surface area contributed by atoms with Gasteiger partial charge < -0.3 is 5.32 Å². The number of rotatable bonds is 4. The molecule has 4 aromatic rings. The van der Waals surface area contributed by atoms with E-state index in [9.17, 15) is 4.79 Å². The van der Waals surface area contributed by atoms with E-state index in [2.05, 4.69) is 33.6 Å². The van der Waals surface area contributed by atoms with E-state index < -0.39 is 0 Å². The van der Waals surface area contributed by atoms with Gasteiger partial charge in [0.25, 0.3) is 0 Å². The van der Waals surface area contributed by atoms with Gasteiger partial charge in [0.1, 0.15) is 12.7 Å². The summed E-state index contributed by atoms with van der Waals surface area (Å²) in [4.78, 5) is 16.2. The Hall–Kier alpha value is -3.47. The summed E-state index contributed by atoms with van der Waals surface area (Å²) in [5.74, 6) is -0.0382. The number of benzene rings is 3. The van der Waals surface area contributed by atoms with Gasteiger partial charge >= 0.3 is 0 Å². The highest BCUT2D eigenvalue weighted by Gasteiger charge is 2.06. The van der Waals surface area contributed by atoms with Gasteiger partial charge in [-0.2, -0.15) is 5.10 Å². The fourth-order valence-corrected chi connectivity index (χ4v) is 2.78. The predicted molar refractivity (Wildman–Crippen MR) is 97.6 cm³/mol. The number of carbonyl (C=O) groups excluding carboxylic acids is 1. The van der Waals surface area contributed by atoms with E-state index >= 15 is 0 Å². The number of carbonyl (C=O) groups is 1. The van der Waals surface area contributed by atoms with Crippen LogP contribution in [-0.2, 0) is 11.2 Å². The SMILES string of the molecule is O=C(Cc1ccc2ccccc2c1)Nc1ccc(-n2cncn2)cc1. The van der Waals surface area contributed by atoms with Crippen molar-refractivity contribution in [1.82, 2.24) is 14.8 Å². The number of fused-ring (bicyclic) bond motifs is 1. The molecule has 5 nitrogen and oxygen atoms in total. The van der Waals surface area contributed by atoms with Crippen molar-refractivity contribution in [3.05, 3.63) is 84.9 Å². The van der Waals surface area contributed by atoms with E-state index in [1.54, 1.807) is 11.0 Å². The lowest BCUT2D eigenvalue weighted by Gasteiger charge is -2.07. The molecule has 25 heavy (non-hydrogen) atoms. The molecule has 4 rings (SSSR count). The van der Waals surface area contributed by atoms with Crippen LogP contribution in [0.1, 0.15) is 5.56 Å². The maximum absolute atomic E-state index is 12.3. The number of hydrogen-bond donors (Lipinski definition) is 1. The zero-order valence-electron chi connectivity index (χ0n) is 13.5. The molecule has 0 atom stereocenters. The molecule has 0 aliphatic carbocycles. The highest BCUT2D eigenvalue weighted by molar-refractivity contribution is 5.93. The lowest BCUT2D eigenvalue weighted by Crippen LogP contribution is -2.14. The molecule has 1 aromatic heterocycles. The average molecular weight is 328 g/mol. The van der Waals surface area contributed by atoms with Crippen LogP contribution < -0.4 is 5.32 Å². The Balaban J connectivity index is 1.44. The van der Waals surface area contributed by atoms with Gasteiger partial charge in [-0.25, -0.2) is 9.67 Å². The first kappa shape index (κ1) is 15.1. The average Bonchev–Trinajstić information content (AvgIpc) is 3.17. The number of anilines is 1. The second-order valence-electron chi connectivity index (χ2n) is 5.79. The molecule has 0 saturated heterocycles. The lowest BCUT2D eigenvalue weighted by molar-refractivity contribution is -0.115. The maximum atomic E-state index is 12.3. The third-order valence-corrected chi connectivity index (χ3v) is 4.01. The zero-order chi connectivity index (χ0) is 17.1. The number of hydrogen-bond acceptors (Lipinski definition) is 3. The van der Waals surface area contributed by atoms with Crippen LogP contribution >= 0.6 is 0 Å². The monoisotopic (exact) mass is 328 g/mol. The third kappa shape index (κ3) is 3.40. The number of nitrogens with zero attached hydrogens (tertiary/aromatic N) is 3. The molecule has 3 aromatic carbocycles. The van der Waals surface area contributed by atoms with Crippen molar-refractivity contribution in [3.8, 4) is 5.69 Å². The Labute approximate surface area is 144 Å². The Morgan fingerprint density at radius 2 is 1.76 bits per heavy atom. The van der Waals surface area contributed by atoms with E-state index in [1.807, 2.05) is 48.5 Å². The van der Waals surface area contributed by atoms with Crippen LogP contribution in [0.25, 0.3) is 16.5 Å².